The molecule has 2 aromatic rings. The van der Waals surface area contributed by atoms with E-state index in [-0.39, 0.29) is 17.1 Å². The average molecular weight is 479 g/mol. The summed E-state index contributed by atoms with van der Waals surface area (Å²) < 4.78 is 31.4. The van der Waals surface area contributed by atoms with Crippen molar-refractivity contribution >= 4 is 27.3 Å². The molecule has 1 unspecified atom stereocenters. The van der Waals surface area contributed by atoms with Crippen LogP contribution < -0.4 is 4.90 Å². The summed E-state index contributed by atoms with van der Waals surface area (Å²) in [6.07, 6.45) is 0.975. The van der Waals surface area contributed by atoms with Crippen LogP contribution in [0, 0.1) is 0 Å². The Bertz CT molecular complexity index is 1030. The van der Waals surface area contributed by atoms with Crippen molar-refractivity contribution < 1.29 is 13.2 Å². The Balaban J connectivity index is 1.65. The molecule has 1 aromatic carbocycles. The molecule has 0 aliphatic carbocycles. The van der Waals surface area contributed by atoms with Crippen LogP contribution in [-0.2, 0) is 25.9 Å². The Labute approximate surface area is 195 Å². The molecule has 0 radical (unpaired) electrons. The van der Waals surface area contributed by atoms with E-state index in [2.05, 4.69) is 38.8 Å². The number of anilines is 1. The summed E-state index contributed by atoms with van der Waals surface area (Å²) in [6, 6.07) is 12.2. The molecule has 0 N–H and O–H groups in total. The fourth-order valence-electron chi connectivity index (χ4n) is 4.77. The van der Waals surface area contributed by atoms with E-state index in [1.54, 1.807) is 6.92 Å². The summed E-state index contributed by atoms with van der Waals surface area (Å²) in [5, 5.41) is 0.0913. The van der Waals surface area contributed by atoms with E-state index < -0.39 is 14.6 Å². The number of morpholine rings is 1. The number of nitrogens with zero attached hydrogens (tertiary/aromatic N) is 4. The van der Waals surface area contributed by atoms with Crippen LogP contribution in [0.1, 0.15) is 37.9 Å². The van der Waals surface area contributed by atoms with Crippen molar-refractivity contribution in [1.82, 2.24) is 14.9 Å². The zero-order chi connectivity index (χ0) is 22.8. The first kappa shape index (κ1) is 23.4. The van der Waals surface area contributed by atoms with E-state index in [9.17, 15) is 8.42 Å². The van der Waals surface area contributed by atoms with Crippen molar-refractivity contribution in [3.63, 3.8) is 0 Å². The van der Waals surface area contributed by atoms with Gasteiger partial charge in [-0.25, -0.2) is 18.4 Å². The van der Waals surface area contributed by atoms with Gasteiger partial charge in [0.05, 0.1) is 24.9 Å². The molecule has 0 bridgehead atoms. The normalized spacial score (nSPS) is 22.1. The first-order valence-corrected chi connectivity index (χ1v) is 13.3. The van der Waals surface area contributed by atoms with Crippen molar-refractivity contribution in [1.29, 1.82) is 0 Å². The van der Waals surface area contributed by atoms with Gasteiger partial charge in [0, 0.05) is 38.0 Å². The molecule has 174 valence electrons. The average Bonchev–Trinajstić information content (AvgIpc) is 2.80. The second-order valence-corrected chi connectivity index (χ2v) is 11.6. The number of hydrogen-bond donors (Lipinski definition) is 0. The molecule has 2 saturated heterocycles. The van der Waals surface area contributed by atoms with Crippen LogP contribution in [0.2, 0.25) is 5.28 Å². The third-order valence-corrected chi connectivity index (χ3v) is 9.44. The maximum Gasteiger partial charge on any atom is 0.224 e. The number of ether oxygens (including phenoxy) is 1. The molecule has 1 aromatic heterocycles. The molecule has 0 amide bonds. The summed E-state index contributed by atoms with van der Waals surface area (Å²) in [6.45, 7) is 7.84. The number of hydrogen-bond acceptors (Lipinski definition) is 7. The first-order chi connectivity index (χ1) is 15.3. The van der Waals surface area contributed by atoms with Gasteiger partial charge in [0.2, 0.25) is 5.28 Å². The van der Waals surface area contributed by atoms with Gasteiger partial charge in [-0.3, -0.25) is 4.90 Å². The largest absolute Gasteiger partial charge is 0.377 e. The van der Waals surface area contributed by atoms with Gasteiger partial charge in [-0.05, 0) is 36.9 Å². The zero-order valence-corrected chi connectivity index (χ0v) is 20.3. The number of likely N-dealkylation sites (tertiary alicyclic amines) is 1. The van der Waals surface area contributed by atoms with Crippen molar-refractivity contribution in [2.45, 2.75) is 44.0 Å². The minimum atomic E-state index is -3.43. The highest BCUT2D eigenvalue weighted by Crippen LogP contribution is 2.42. The Kier molecular flexibility index (Phi) is 7.05. The smallest absolute Gasteiger partial charge is 0.224 e. The first-order valence-electron chi connectivity index (χ1n) is 11.2. The van der Waals surface area contributed by atoms with Gasteiger partial charge in [-0.1, -0.05) is 37.3 Å². The Morgan fingerprint density at radius 1 is 1.16 bits per heavy atom. The lowest BCUT2D eigenvalue weighted by molar-refractivity contribution is 0.0985. The topological polar surface area (TPSA) is 75.6 Å². The van der Waals surface area contributed by atoms with Gasteiger partial charge < -0.3 is 9.64 Å². The molecule has 0 saturated carbocycles. The van der Waals surface area contributed by atoms with E-state index in [1.165, 1.54) is 5.56 Å². The second-order valence-electron chi connectivity index (χ2n) is 8.66. The second kappa shape index (κ2) is 9.63. The summed E-state index contributed by atoms with van der Waals surface area (Å²) >= 11 is 6.34. The van der Waals surface area contributed by atoms with Gasteiger partial charge in [-0.2, -0.15) is 0 Å². The lowest BCUT2D eigenvalue weighted by atomic mass is 9.91. The zero-order valence-electron chi connectivity index (χ0n) is 18.7. The van der Waals surface area contributed by atoms with Gasteiger partial charge in [-0.15, -0.1) is 0 Å². The Morgan fingerprint density at radius 3 is 2.53 bits per heavy atom. The summed E-state index contributed by atoms with van der Waals surface area (Å²) in [4.78, 5) is 13.3. The molecule has 2 aliphatic rings. The van der Waals surface area contributed by atoms with E-state index >= 15 is 0 Å². The van der Waals surface area contributed by atoms with Crippen LogP contribution in [0.15, 0.2) is 36.4 Å². The van der Waals surface area contributed by atoms with Crippen LogP contribution in [0.5, 0.6) is 0 Å². The van der Waals surface area contributed by atoms with Crippen molar-refractivity contribution in [2.75, 3.05) is 43.5 Å². The molecule has 32 heavy (non-hydrogen) atoms. The maximum absolute atomic E-state index is 13.4. The number of sulfone groups is 1. The van der Waals surface area contributed by atoms with Gasteiger partial charge >= 0.3 is 0 Å². The number of piperidine rings is 1. The summed E-state index contributed by atoms with van der Waals surface area (Å²) in [5.74, 6) is 0.740. The molecular weight excluding hydrogens is 448 g/mol. The van der Waals surface area contributed by atoms with E-state index in [1.807, 2.05) is 24.3 Å². The third-order valence-electron chi connectivity index (χ3n) is 6.70. The number of rotatable bonds is 6. The van der Waals surface area contributed by atoms with Crippen LogP contribution >= 0.6 is 11.6 Å². The molecule has 1 atom stereocenters. The lowest BCUT2D eigenvalue weighted by Gasteiger charge is -2.41. The number of benzene rings is 1. The highest BCUT2D eigenvalue weighted by molar-refractivity contribution is 7.92. The molecular formula is C23H31ClN4O3S. The summed E-state index contributed by atoms with van der Waals surface area (Å²) in [7, 11) is -3.43. The minimum absolute atomic E-state index is 0.0661. The van der Waals surface area contributed by atoms with Gasteiger partial charge in [0.1, 0.15) is 10.6 Å². The third kappa shape index (κ3) is 4.64. The van der Waals surface area contributed by atoms with Gasteiger partial charge in [0.15, 0.2) is 9.84 Å². The highest BCUT2D eigenvalue weighted by atomic mass is 35.5. The van der Waals surface area contributed by atoms with E-state index in [0.717, 1.165) is 6.54 Å². The van der Waals surface area contributed by atoms with E-state index in [4.69, 9.17) is 16.3 Å². The molecule has 9 heteroatoms. The van der Waals surface area contributed by atoms with Crippen molar-refractivity contribution in [3.8, 4) is 0 Å². The predicted molar refractivity (Wildman–Crippen MR) is 127 cm³/mol. The molecule has 2 fully saturated rings. The quantitative estimate of drug-likeness (QED) is 0.589. The van der Waals surface area contributed by atoms with Crippen LogP contribution in [0.3, 0.4) is 0 Å². The lowest BCUT2D eigenvalue weighted by Crippen LogP contribution is -2.48. The standard InChI is InChI=1S/C23H31ClN4O3S/c1-3-32(29,30)23(9-11-27(12-10-23)16-19-7-5-4-6-8-19)20-15-21(26-22(24)25-20)28-13-14-31-17-18(28)2/h4-8,15,18H,3,9-14,16-17H2,1-2H3. The van der Waals surface area contributed by atoms with E-state index in [0.29, 0.717) is 57.2 Å². The highest BCUT2D eigenvalue weighted by Gasteiger charge is 2.48. The number of halogens is 1. The summed E-state index contributed by atoms with van der Waals surface area (Å²) in [5.41, 5.74) is 1.75. The molecule has 2 aliphatic heterocycles. The van der Waals surface area contributed by atoms with Crippen molar-refractivity contribution in [3.05, 3.63) is 52.9 Å². The fourth-order valence-corrected chi connectivity index (χ4v) is 6.73. The van der Waals surface area contributed by atoms with Crippen LogP contribution in [0.25, 0.3) is 0 Å². The predicted octanol–water partition coefficient (Wildman–Crippen LogP) is 3.28. The minimum Gasteiger partial charge on any atom is -0.377 e. The van der Waals surface area contributed by atoms with Crippen LogP contribution in [-0.4, -0.2) is 67.9 Å². The number of aromatic nitrogens is 2. The van der Waals surface area contributed by atoms with Crippen LogP contribution in [0.4, 0.5) is 5.82 Å². The monoisotopic (exact) mass is 478 g/mol. The molecule has 0 spiro atoms. The Morgan fingerprint density at radius 2 is 1.88 bits per heavy atom. The van der Waals surface area contributed by atoms with Crippen molar-refractivity contribution in [2.24, 2.45) is 0 Å². The SMILES string of the molecule is CCS(=O)(=O)C1(c2cc(N3CCOCC3C)nc(Cl)n2)CCN(Cc2ccccc2)CC1. The fraction of sp³-hybridized carbons (Fsp3) is 0.565. The Hall–Kier alpha value is -1.74. The molecule has 7 nitrogen and oxygen atoms in total. The molecule has 4 rings (SSSR count). The molecule has 3 heterocycles. The van der Waals surface area contributed by atoms with Gasteiger partial charge in [0.25, 0.3) is 0 Å². The maximum atomic E-state index is 13.4.